The number of nitrogens with one attached hydrogen (secondary N) is 1. The van der Waals surface area contributed by atoms with Gasteiger partial charge in [-0.2, -0.15) is 0 Å². The minimum atomic E-state index is 0.761. The fourth-order valence-electron chi connectivity index (χ4n) is 2.70. The normalized spacial score (nSPS) is 41.5. The van der Waals surface area contributed by atoms with E-state index in [0.717, 1.165) is 18.0 Å². The molecule has 0 aromatic rings. The van der Waals surface area contributed by atoms with Gasteiger partial charge in [0, 0.05) is 31.7 Å². The Morgan fingerprint density at radius 3 is 2.77 bits per heavy atom. The van der Waals surface area contributed by atoms with E-state index in [1.54, 1.807) is 0 Å². The summed E-state index contributed by atoms with van der Waals surface area (Å²) in [6.07, 6.45) is 4.30. The fraction of sp³-hybridized carbons (Fsp3) is 1.00. The maximum absolute atomic E-state index is 3.45. The van der Waals surface area contributed by atoms with E-state index < -0.39 is 0 Å². The summed E-state index contributed by atoms with van der Waals surface area (Å²) in [6.45, 7) is 8.32. The van der Waals surface area contributed by atoms with Crippen molar-refractivity contribution in [3.8, 4) is 0 Å². The van der Waals surface area contributed by atoms with Crippen LogP contribution in [0.15, 0.2) is 0 Å². The molecule has 2 nitrogen and oxygen atoms in total. The summed E-state index contributed by atoms with van der Waals surface area (Å²) < 4.78 is 0. The average molecular weight is 182 g/mol. The van der Waals surface area contributed by atoms with Gasteiger partial charge in [-0.25, -0.2) is 0 Å². The molecule has 0 bridgehead atoms. The molecule has 1 atom stereocenters. The summed E-state index contributed by atoms with van der Waals surface area (Å²) >= 11 is 0. The highest BCUT2D eigenvalue weighted by Crippen LogP contribution is 2.34. The second-order valence-corrected chi connectivity index (χ2v) is 4.69. The molecule has 2 heteroatoms. The van der Waals surface area contributed by atoms with Gasteiger partial charge in [-0.15, -0.1) is 0 Å². The van der Waals surface area contributed by atoms with Crippen LogP contribution < -0.4 is 5.32 Å². The molecule has 2 aliphatic rings. The lowest BCUT2D eigenvalue weighted by atomic mass is 9.77. The molecule has 76 valence electrons. The molecular weight excluding hydrogens is 160 g/mol. The first-order chi connectivity index (χ1) is 6.31. The van der Waals surface area contributed by atoms with Crippen LogP contribution in [0, 0.1) is 5.92 Å². The second kappa shape index (κ2) is 3.97. The van der Waals surface area contributed by atoms with Gasteiger partial charge >= 0.3 is 0 Å². The van der Waals surface area contributed by atoms with Crippen molar-refractivity contribution in [2.45, 2.75) is 45.2 Å². The molecule has 1 aliphatic heterocycles. The van der Waals surface area contributed by atoms with E-state index in [2.05, 4.69) is 24.1 Å². The van der Waals surface area contributed by atoms with Crippen molar-refractivity contribution in [1.82, 2.24) is 10.2 Å². The van der Waals surface area contributed by atoms with Gasteiger partial charge in [-0.05, 0) is 25.7 Å². The molecule has 1 heterocycles. The van der Waals surface area contributed by atoms with Crippen molar-refractivity contribution in [3.63, 3.8) is 0 Å². The van der Waals surface area contributed by atoms with Gasteiger partial charge in [0.2, 0.25) is 0 Å². The third-order valence-corrected chi connectivity index (χ3v) is 3.81. The Morgan fingerprint density at radius 1 is 1.38 bits per heavy atom. The van der Waals surface area contributed by atoms with Gasteiger partial charge in [-0.1, -0.05) is 13.3 Å². The van der Waals surface area contributed by atoms with Crippen molar-refractivity contribution in [2.75, 3.05) is 19.6 Å². The Bertz CT molecular complexity index is 163. The van der Waals surface area contributed by atoms with Crippen LogP contribution in [0.3, 0.4) is 0 Å². The first kappa shape index (κ1) is 9.47. The Kier molecular flexibility index (Phi) is 2.89. The Labute approximate surface area is 81.7 Å². The monoisotopic (exact) mass is 182 g/mol. The van der Waals surface area contributed by atoms with E-state index in [1.165, 1.54) is 38.9 Å². The van der Waals surface area contributed by atoms with E-state index in [0.29, 0.717) is 0 Å². The van der Waals surface area contributed by atoms with Gasteiger partial charge in [0.1, 0.15) is 0 Å². The first-order valence-electron chi connectivity index (χ1n) is 5.77. The SMILES string of the molecule is CCC1CC(N2CCNCC2C)C1. The van der Waals surface area contributed by atoms with Crippen LogP contribution in [0.5, 0.6) is 0 Å². The van der Waals surface area contributed by atoms with Crippen LogP contribution in [0.4, 0.5) is 0 Å². The molecule has 0 aromatic carbocycles. The number of hydrogen-bond donors (Lipinski definition) is 1. The van der Waals surface area contributed by atoms with Crippen molar-refractivity contribution < 1.29 is 0 Å². The molecule has 1 saturated carbocycles. The van der Waals surface area contributed by atoms with Gasteiger partial charge < -0.3 is 5.32 Å². The summed E-state index contributed by atoms with van der Waals surface area (Å²) in [4.78, 5) is 2.71. The Morgan fingerprint density at radius 2 is 2.15 bits per heavy atom. The summed E-state index contributed by atoms with van der Waals surface area (Å²) in [5.74, 6) is 1.03. The third kappa shape index (κ3) is 1.89. The van der Waals surface area contributed by atoms with Crippen LogP contribution in [0.25, 0.3) is 0 Å². The molecule has 1 unspecified atom stereocenters. The van der Waals surface area contributed by atoms with Crippen molar-refractivity contribution in [1.29, 1.82) is 0 Å². The first-order valence-corrected chi connectivity index (χ1v) is 5.77. The number of hydrogen-bond acceptors (Lipinski definition) is 2. The minimum Gasteiger partial charge on any atom is -0.314 e. The fourth-order valence-corrected chi connectivity index (χ4v) is 2.70. The van der Waals surface area contributed by atoms with Crippen LogP contribution in [-0.4, -0.2) is 36.6 Å². The molecule has 0 aromatic heterocycles. The number of nitrogens with zero attached hydrogens (tertiary/aromatic N) is 1. The molecule has 1 saturated heterocycles. The smallest absolute Gasteiger partial charge is 0.0195 e. The molecular formula is C11H22N2. The summed E-state index contributed by atoms with van der Waals surface area (Å²) in [5, 5.41) is 3.45. The zero-order valence-electron chi connectivity index (χ0n) is 8.92. The molecule has 0 amide bonds. The lowest BCUT2D eigenvalue weighted by Gasteiger charge is -2.47. The van der Waals surface area contributed by atoms with E-state index in [9.17, 15) is 0 Å². The van der Waals surface area contributed by atoms with Gasteiger partial charge in [-0.3, -0.25) is 4.90 Å². The lowest BCUT2D eigenvalue weighted by molar-refractivity contribution is 0.0330. The van der Waals surface area contributed by atoms with Crippen LogP contribution in [-0.2, 0) is 0 Å². The zero-order valence-corrected chi connectivity index (χ0v) is 8.92. The van der Waals surface area contributed by atoms with E-state index in [4.69, 9.17) is 0 Å². The summed E-state index contributed by atoms with van der Waals surface area (Å²) in [7, 11) is 0. The maximum Gasteiger partial charge on any atom is 0.0195 e. The van der Waals surface area contributed by atoms with Crippen molar-refractivity contribution in [3.05, 3.63) is 0 Å². The lowest BCUT2D eigenvalue weighted by Crippen LogP contribution is -2.57. The van der Waals surface area contributed by atoms with Gasteiger partial charge in [0.15, 0.2) is 0 Å². The highest BCUT2D eigenvalue weighted by atomic mass is 15.2. The standard InChI is InChI=1S/C11H22N2/c1-3-10-6-11(7-10)13-5-4-12-8-9(13)2/h9-12H,3-8H2,1-2H3. The number of rotatable bonds is 2. The molecule has 2 fully saturated rings. The van der Waals surface area contributed by atoms with Crippen LogP contribution >= 0.6 is 0 Å². The predicted molar refractivity (Wildman–Crippen MR) is 55.8 cm³/mol. The quantitative estimate of drug-likeness (QED) is 0.695. The Balaban J connectivity index is 1.80. The van der Waals surface area contributed by atoms with Gasteiger partial charge in [0.05, 0.1) is 0 Å². The predicted octanol–water partition coefficient (Wildman–Crippen LogP) is 1.47. The summed E-state index contributed by atoms with van der Waals surface area (Å²) in [6, 6.07) is 1.68. The summed E-state index contributed by atoms with van der Waals surface area (Å²) in [5.41, 5.74) is 0. The largest absolute Gasteiger partial charge is 0.314 e. The molecule has 13 heavy (non-hydrogen) atoms. The average Bonchev–Trinajstić information content (AvgIpc) is 2.06. The molecule has 1 N–H and O–H groups in total. The van der Waals surface area contributed by atoms with E-state index >= 15 is 0 Å². The molecule has 1 aliphatic carbocycles. The molecule has 2 rings (SSSR count). The molecule has 0 spiro atoms. The van der Waals surface area contributed by atoms with Crippen LogP contribution in [0.2, 0.25) is 0 Å². The minimum absolute atomic E-state index is 0.761. The van der Waals surface area contributed by atoms with E-state index in [1.807, 2.05) is 0 Å². The Hall–Kier alpha value is -0.0800. The second-order valence-electron chi connectivity index (χ2n) is 4.69. The zero-order chi connectivity index (χ0) is 9.26. The maximum atomic E-state index is 3.45. The highest BCUT2D eigenvalue weighted by molar-refractivity contribution is 4.91. The highest BCUT2D eigenvalue weighted by Gasteiger charge is 2.35. The van der Waals surface area contributed by atoms with Gasteiger partial charge in [0.25, 0.3) is 0 Å². The van der Waals surface area contributed by atoms with Crippen LogP contribution in [0.1, 0.15) is 33.1 Å². The molecule has 0 radical (unpaired) electrons. The van der Waals surface area contributed by atoms with Crippen molar-refractivity contribution >= 4 is 0 Å². The third-order valence-electron chi connectivity index (χ3n) is 3.81. The topological polar surface area (TPSA) is 15.3 Å². The number of piperazine rings is 1. The van der Waals surface area contributed by atoms with Crippen molar-refractivity contribution in [2.24, 2.45) is 5.92 Å². The van der Waals surface area contributed by atoms with E-state index in [-0.39, 0.29) is 0 Å².